The summed E-state index contributed by atoms with van der Waals surface area (Å²) in [5.74, 6) is 1.27. The number of nitrogens with zero attached hydrogens (tertiary/aromatic N) is 3. The first-order valence-corrected chi connectivity index (χ1v) is 5.28. The predicted molar refractivity (Wildman–Crippen MR) is 57.7 cm³/mol. The van der Waals surface area contributed by atoms with Gasteiger partial charge in [-0.15, -0.1) is 0 Å². The molecule has 0 atom stereocenters. The van der Waals surface area contributed by atoms with E-state index in [0.29, 0.717) is 24.7 Å². The van der Waals surface area contributed by atoms with E-state index in [1.807, 2.05) is 7.05 Å². The number of hydrogen-bond acceptors (Lipinski definition) is 4. The highest BCUT2D eigenvalue weighted by atomic mass is 16.1. The lowest BCUT2D eigenvalue weighted by Gasteiger charge is -2.31. The molecule has 80 valence electrons. The smallest absolute Gasteiger partial charge is 0.147 e. The van der Waals surface area contributed by atoms with Gasteiger partial charge in [0.05, 0.1) is 6.20 Å². The minimum atomic E-state index is 0.388. The monoisotopic (exact) mass is 205 g/mol. The van der Waals surface area contributed by atoms with Crippen LogP contribution < -0.4 is 4.90 Å². The zero-order chi connectivity index (χ0) is 10.7. The Morgan fingerprint density at radius 1 is 1.33 bits per heavy atom. The molecule has 4 heteroatoms. The maximum atomic E-state index is 11.1. The van der Waals surface area contributed by atoms with Crippen LogP contribution in [-0.2, 0) is 4.79 Å². The molecule has 4 nitrogen and oxygen atoms in total. The molecule has 1 fully saturated rings. The molecule has 1 aromatic rings. The first-order chi connectivity index (χ1) is 7.27. The Balaban J connectivity index is 2.02. The lowest BCUT2D eigenvalue weighted by atomic mass is 9.93. The zero-order valence-electron chi connectivity index (χ0n) is 8.89. The molecule has 1 aliphatic carbocycles. The molecule has 15 heavy (non-hydrogen) atoms. The molecule has 1 aliphatic rings. The molecule has 0 aliphatic heterocycles. The van der Waals surface area contributed by atoms with Gasteiger partial charge < -0.3 is 4.90 Å². The van der Waals surface area contributed by atoms with Gasteiger partial charge in [-0.05, 0) is 12.8 Å². The van der Waals surface area contributed by atoms with Crippen molar-refractivity contribution in [3.8, 4) is 0 Å². The van der Waals surface area contributed by atoms with Crippen molar-refractivity contribution in [3.05, 3.63) is 18.6 Å². The van der Waals surface area contributed by atoms with Crippen LogP contribution in [0.5, 0.6) is 0 Å². The molecule has 1 saturated carbocycles. The molecule has 1 aromatic heterocycles. The maximum Gasteiger partial charge on any atom is 0.147 e. The number of Topliss-reactive ketones (excluding diaryl/α,β-unsaturated/α-hetero) is 1. The molecular formula is C11H15N3O. The van der Waals surface area contributed by atoms with Crippen LogP contribution in [0.4, 0.5) is 5.82 Å². The van der Waals surface area contributed by atoms with Gasteiger partial charge in [0.1, 0.15) is 11.6 Å². The summed E-state index contributed by atoms with van der Waals surface area (Å²) in [6.07, 6.45) is 8.40. The van der Waals surface area contributed by atoms with E-state index in [4.69, 9.17) is 0 Å². The van der Waals surface area contributed by atoms with Gasteiger partial charge in [-0.2, -0.15) is 0 Å². The van der Waals surface area contributed by atoms with Crippen LogP contribution in [0.25, 0.3) is 0 Å². The van der Waals surface area contributed by atoms with Crippen LogP contribution in [0.15, 0.2) is 18.6 Å². The fourth-order valence-electron chi connectivity index (χ4n) is 1.97. The van der Waals surface area contributed by atoms with Crippen molar-refractivity contribution in [1.29, 1.82) is 0 Å². The first kappa shape index (κ1) is 10.1. The number of anilines is 1. The minimum absolute atomic E-state index is 0.388. The summed E-state index contributed by atoms with van der Waals surface area (Å²) in [7, 11) is 2.02. The van der Waals surface area contributed by atoms with E-state index in [2.05, 4.69) is 14.9 Å². The topological polar surface area (TPSA) is 46.1 Å². The fraction of sp³-hybridized carbons (Fsp3) is 0.545. The lowest BCUT2D eigenvalue weighted by molar-refractivity contribution is -0.120. The Morgan fingerprint density at radius 3 is 2.67 bits per heavy atom. The molecule has 0 unspecified atom stereocenters. The highest BCUT2D eigenvalue weighted by molar-refractivity contribution is 5.79. The number of hydrogen-bond donors (Lipinski definition) is 0. The summed E-state index contributed by atoms with van der Waals surface area (Å²) >= 11 is 0. The van der Waals surface area contributed by atoms with E-state index < -0.39 is 0 Å². The average molecular weight is 205 g/mol. The van der Waals surface area contributed by atoms with Crippen LogP contribution >= 0.6 is 0 Å². The molecule has 2 rings (SSSR count). The van der Waals surface area contributed by atoms with Gasteiger partial charge in [0.2, 0.25) is 0 Å². The van der Waals surface area contributed by atoms with E-state index in [1.54, 1.807) is 18.6 Å². The summed E-state index contributed by atoms with van der Waals surface area (Å²) in [5.41, 5.74) is 0. The minimum Gasteiger partial charge on any atom is -0.355 e. The van der Waals surface area contributed by atoms with E-state index in [1.165, 1.54) is 0 Å². The molecule has 0 aromatic carbocycles. The summed E-state index contributed by atoms with van der Waals surface area (Å²) in [4.78, 5) is 21.5. The molecule has 0 spiro atoms. The number of carbonyl (C=O) groups excluding carboxylic acids is 1. The fourth-order valence-corrected chi connectivity index (χ4v) is 1.97. The number of aromatic nitrogens is 2. The predicted octanol–water partition coefficient (Wildman–Crippen LogP) is 1.42. The van der Waals surface area contributed by atoms with Crippen LogP contribution in [-0.4, -0.2) is 28.8 Å². The van der Waals surface area contributed by atoms with Crippen molar-refractivity contribution in [2.75, 3.05) is 11.9 Å². The normalized spacial score (nSPS) is 17.8. The van der Waals surface area contributed by atoms with Crippen molar-refractivity contribution in [2.45, 2.75) is 31.7 Å². The summed E-state index contributed by atoms with van der Waals surface area (Å²) in [6.45, 7) is 0. The third kappa shape index (κ3) is 2.32. The number of carbonyl (C=O) groups is 1. The molecule has 0 bridgehead atoms. The Kier molecular flexibility index (Phi) is 2.94. The van der Waals surface area contributed by atoms with Crippen LogP contribution in [0.3, 0.4) is 0 Å². The molecule has 1 heterocycles. The van der Waals surface area contributed by atoms with E-state index in [0.717, 1.165) is 18.7 Å². The average Bonchev–Trinajstić information content (AvgIpc) is 2.30. The highest BCUT2D eigenvalue weighted by Crippen LogP contribution is 2.22. The second-order valence-electron chi connectivity index (χ2n) is 3.94. The van der Waals surface area contributed by atoms with Gasteiger partial charge in [0, 0.05) is 38.3 Å². The van der Waals surface area contributed by atoms with E-state index in [-0.39, 0.29) is 0 Å². The lowest BCUT2D eigenvalue weighted by Crippen LogP contribution is -2.35. The van der Waals surface area contributed by atoms with Crippen molar-refractivity contribution in [3.63, 3.8) is 0 Å². The quantitative estimate of drug-likeness (QED) is 0.732. The number of rotatable bonds is 2. The Bertz CT molecular complexity index is 329. The zero-order valence-corrected chi connectivity index (χ0v) is 8.89. The molecule has 0 N–H and O–H groups in total. The summed E-state index contributed by atoms with van der Waals surface area (Å²) in [6, 6.07) is 0.430. The van der Waals surface area contributed by atoms with Gasteiger partial charge in [-0.3, -0.25) is 9.78 Å². The first-order valence-electron chi connectivity index (χ1n) is 5.28. The molecule has 0 radical (unpaired) electrons. The summed E-state index contributed by atoms with van der Waals surface area (Å²) in [5, 5.41) is 0. The second-order valence-corrected chi connectivity index (χ2v) is 3.94. The molecule has 0 amide bonds. The Labute approximate surface area is 89.3 Å². The maximum absolute atomic E-state index is 11.1. The van der Waals surface area contributed by atoms with Gasteiger partial charge in [0.15, 0.2) is 0 Å². The van der Waals surface area contributed by atoms with Gasteiger partial charge in [0.25, 0.3) is 0 Å². The van der Waals surface area contributed by atoms with Crippen LogP contribution in [0.2, 0.25) is 0 Å². The highest BCUT2D eigenvalue weighted by Gasteiger charge is 2.22. The van der Waals surface area contributed by atoms with Crippen molar-refractivity contribution < 1.29 is 4.79 Å². The van der Waals surface area contributed by atoms with Crippen molar-refractivity contribution in [2.24, 2.45) is 0 Å². The third-order valence-electron chi connectivity index (χ3n) is 2.97. The van der Waals surface area contributed by atoms with Crippen molar-refractivity contribution in [1.82, 2.24) is 9.97 Å². The van der Waals surface area contributed by atoms with E-state index in [9.17, 15) is 4.79 Å². The molecule has 0 saturated heterocycles. The van der Waals surface area contributed by atoms with Crippen molar-refractivity contribution >= 4 is 11.6 Å². The van der Waals surface area contributed by atoms with Crippen LogP contribution in [0.1, 0.15) is 25.7 Å². The molecular weight excluding hydrogens is 190 g/mol. The van der Waals surface area contributed by atoms with Gasteiger partial charge in [-0.1, -0.05) is 0 Å². The summed E-state index contributed by atoms with van der Waals surface area (Å²) < 4.78 is 0. The van der Waals surface area contributed by atoms with Gasteiger partial charge >= 0.3 is 0 Å². The third-order valence-corrected chi connectivity index (χ3v) is 2.97. The Hall–Kier alpha value is -1.45. The Morgan fingerprint density at radius 2 is 2.07 bits per heavy atom. The SMILES string of the molecule is CN(c1cnccn1)C1CCC(=O)CC1. The largest absolute Gasteiger partial charge is 0.355 e. The standard InChI is InChI=1S/C11H15N3O/c1-14(11-8-12-6-7-13-11)9-2-4-10(15)5-3-9/h6-9H,2-5H2,1H3. The van der Waals surface area contributed by atoms with Crippen LogP contribution in [0, 0.1) is 0 Å². The second kappa shape index (κ2) is 4.38. The van der Waals surface area contributed by atoms with E-state index >= 15 is 0 Å². The number of ketones is 1. The van der Waals surface area contributed by atoms with Gasteiger partial charge in [-0.25, -0.2) is 4.98 Å².